The summed E-state index contributed by atoms with van der Waals surface area (Å²) in [6.45, 7) is 10.7. The molecule has 1 heterocycles. The van der Waals surface area contributed by atoms with Crippen molar-refractivity contribution in [2.45, 2.75) is 66.4 Å². The summed E-state index contributed by atoms with van der Waals surface area (Å²) >= 11 is 0. The first-order valence-electron chi connectivity index (χ1n) is 6.58. The maximum atomic E-state index is 12.2. The van der Waals surface area contributed by atoms with Crippen molar-refractivity contribution >= 4 is 5.97 Å². The summed E-state index contributed by atoms with van der Waals surface area (Å²) in [6.07, 6.45) is 4.01. The maximum absolute atomic E-state index is 12.2. The fourth-order valence-corrected chi connectivity index (χ4v) is 3.04. The number of hydrogen-bond acceptors (Lipinski definition) is 2. The lowest BCUT2D eigenvalue weighted by Crippen LogP contribution is -2.32. The molecule has 0 aromatic rings. The van der Waals surface area contributed by atoms with Gasteiger partial charge in [-0.2, -0.15) is 0 Å². The van der Waals surface area contributed by atoms with E-state index in [1.54, 1.807) is 0 Å². The first-order chi connectivity index (χ1) is 7.37. The fraction of sp³-hybridized carbons (Fsp3) is 0.929. The van der Waals surface area contributed by atoms with E-state index in [0.29, 0.717) is 11.8 Å². The van der Waals surface area contributed by atoms with Gasteiger partial charge in [0.2, 0.25) is 0 Å². The van der Waals surface area contributed by atoms with Crippen molar-refractivity contribution in [2.24, 2.45) is 17.3 Å². The van der Waals surface area contributed by atoms with Gasteiger partial charge in [-0.05, 0) is 44.4 Å². The lowest BCUT2D eigenvalue weighted by Gasteiger charge is -2.28. The lowest BCUT2D eigenvalue weighted by molar-refractivity contribution is -0.159. The van der Waals surface area contributed by atoms with E-state index >= 15 is 0 Å². The molecule has 2 heteroatoms. The van der Waals surface area contributed by atoms with Crippen molar-refractivity contribution < 1.29 is 9.53 Å². The smallest absolute Gasteiger partial charge is 0.312 e. The van der Waals surface area contributed by atoms with Crippen LogP contribution in [-0.2, 0) is 9.53 Å². The van der Waals surface area contributed by atoms with Gasteiger partial charge in [0.05, 0.1) is 5.41 Å². The summed E-state index contributed by atoms with van der Waals surface area (Å²) in [6, 6.07) is 0. The van der Waals surface area contributed by atoms with E-state index in [9.17, 15) is 4.79 Å². The van der Waals surface area contributed by atoms with Crippen LogP contribution in [0.1, 0.15) is 60.3 Å². The molecular weight excluding hydrogens is 200 g/mol. The molecule has 0 aromatic carbocycles. The quantitative estimate of drug-likeness (QED) is 0.684. The van der Waals surface area contributed by atoms with E-state index in [1.165, 1.54) is 0 Å². The molecule has 1 rings (SSSR count). The third-order valence-corrected chi connectivity index (χ3v) is 3.54. The molecule has 0 bridgehead atoms. The second-order valence-electron chi connectivity index (χ2n) is 6.14. The van der Waals surface area contributed by atoms with Gasteiger partial charge < -0.3 is 4.74 Å². The molecule has 0 aromatic heterocycles. The molecule has 0 spiro atoms. The van der Waals surface area contributed by atoms with Crippen LogP contribution < -0.4 is 0 Å². The van der Waals surface area contributed by atoms with Crippen LogP contribution in [0, 0.1) is 17.3 Å². The molecule has 0 N–H and O–H groups in total. The summed E-state index contributed by atoms with van der Waals surface area (Å²) in [5.41, 5.74) is -0.266. The summed E-state index contributed by atoms with van der Waals surface area (Å²) in [5, 5.41) is 0. The zero-order valence-corrected chi connectivity index (χ0v) is 11.4. The Morgan fingerprint density at radius 3 is 2.62 bits per heavy atom. The SMILES string of the molecule is CCC1CC(C)CC(C)(CC(C)C)C(=O)O1. The van der Waals surface area contributed by atoms with Crippen LogP contribution in [0.3, 0.4) is 0 Å². The van der Waals surface area contributed by atoms with Crippen LogP contribution in [0.15, 0.2) is 0 Å². The first kappa shape index (κ1) is 13.5. The van der Waals surface area contributed by atoms with E-state index in [0.717, 1.165) is 25.7 Å². The Bertz CT molecular complexity index is 247. The predicted octanol–water partition coefficient (Wildman–Crippen LogP) is 3.79. The number of carbonyl (C=O) groups excluding carboxylic acids is 1. The number of carbonyl (C=O) groups is 1. The molecule has 0 amide bonds. The average molecular weight is 226 g/mol. The summed E-state index contributed by atoms with van der Waals surface area (Å²) in [5.74, 6) is 1.15. The van der Waals surface area contributed by atoms with Gasteiger partial charge in [-0.25, -0.2) is 0 Å². The third kappa shape index (κ3) is 3.23. The molecule has 94 valence electrons. The minimum atomic E-state index is -0.266. The highest BCUT2D eigenvalue weighted by Crippen LogP contribution is 2.39. The Morgan fingerprint density at radius 2 is 2.12 bits per heavy atom. The molecule has 0 aliphatic carbocycles. The molecule has 1 saturated heterocycles. The van der Waals surface area contributed by atoms with Crippen LogP contribution in [0.4, 0.5) is 0 Å². The van der Waals surface area contributed by atoms with E-state index < -0.39 is 0 Å². The number of hydrogen-bond donors (Lipinski definition) is 0. The van der Waals surface area contributed by atoms with Crippen LogP contribution in [0.5, 0.6) is 0 Å². The Morgan fingerprint density at radius 1 is 1.50 bits per heavy atom. The molecule has 3 atom stereocenters. The van der Waals surface area contributed by atoms with Crippen LogP contribution in [0.2, 0.25) is 0 Å². The maximum Gasteiger partial charge on any atom is 0.312 e. The highest BCUT2D eigenvalue weighted by molar-refractivity contribution is 5.76. The summed E-state index contributed by atoms with van der Waals surface area (Å²) in [4.78, 5) is 12.2. The van der Waals surface area contributed by atoms with E-state index in [-0.39, 0.29) is 17.5 Å². The van der Waals surface area contributed by atoms with E-state index in [2.05, 4.69) is 34.6 Å². The second kappa shape index (κ2) is 5.20. The summed E-state index contributed by atoms with van der Waals surface area (Å²) < 4.78 is 5.61. The zero-order valence-electron chi connectivity index (χ0n) is 11.4. The number of ether oxygens (including phenoxy) is 1. The van der Waals surface area contributed by atoms with E-state index in [4.69, 9.17) is 4.74 Å². The molecular formula is C14H26O2. The van der Waals surface area contributed by atoms with Crippen molar-refractivity contribution in [1.82, 2.24) is 0 Å². The average Bonchev–Trinajstić information content (AvgIpc) is 2.23. The number of esters is 1. The highest BCUT2D eigenvalue weighted by atomic mass is 16.5. The van der Waals surface area contributed by atoms with Gasteiger partial charge in [-0.3, -0.25) is 4.79 Å². The molecule has 1 fully saturated rings. The Hall–Kier alpha value is -0.530. The normalized spacial score (nSPS) is 36.0. The molecule has 3 unspecified atom stereocenters. The predicted molar refractivity (Wildman–Crippen MR) is 66.1 cm³/mol. The second-order valence-corrected chi connectivity index (χ2v) is 6.14. The van der Waals surface area contributed by atoms with Crippen molar-refractivity contribution in [3.8, 4) is 0 Å². The van der Waals surface area contributed by atoms with Gasteiger partial charge in [0.1, 0.15) is 6.10 Å². The Kier molecular flexibility index (Phi) is 4.40. The largest absolute Gasteiger partial charge is 0.462 e. The van der Waals surface area contributed by atoms with Crippen molar-refractivity contribution in [3.05, 3.63) is 0 Å². The molecule has 2 nitrogen and oxygen atoms in total. The minimum absolute atomic E-state index is 0.0254. The van der Waals surface area contributed by atoms with Crippen molar-refractivity contribution in [3.63, 3.8) is 0 Å². The van der Waals surface area contributed by atoms with Crippen molar-refractivity contribution in [1.29, 1.82) is 0 Å². The molecule has 0 saturated carbocycles. The first-order valence-corrected chi connectivity index (χ1v) is 6.58. The van der Waals surface area contributed by atoms with Gasteiger partial charge in [0.15, 0.2) is 0 Å². The lowest BCUT2D eigenvalue weighted by atomic mass is 9.75. The Labute approximate surface area is 99.8 Å². The monoisotopic (exact) mass is 226 g/mol. The minimum Gasteiger partial charge on any atom is -0.462 e. The molecule has 1 aliphatic heterocycles. The van der Waals surface area contributed by atoms with Crippen molar-refractivity contribution in [2.75, 3.05) is 0 Å². The summed E-state index contributed by atoms with van der Waals surface area (Å²) in [7, 11) is 0. The number of cyclic esters (lactones) is 1. The van der Waals surface area contributed by atoms with Gasteiger partial charge in [-0.1, -0.05) is 27.7 Å². The standard InChI is InChI=1S/C14H26O2/c1-6-12-7-11(4)9-14(5,8-10(2)3)13(15)16-12/h10-12H,6-9H2,1-5H3. The number of rotatable bonds is 3. The molecule has 0 radical (unpaired) electrons. The fourth-order valence-electron chi connectivity index (χ4n) is 3.04. The Balaban J connectivity index is 2.80. The van der Waals surface area contributed by atoms with Crippen LogP contribution in [-0.4, -0.2) is 12.1 Å². The van der Waals surface area contributed by atoms with Gasteiger partial charge in [0, 0.05) is 0 Å². The van der Waals surface area contributed by atoms with Crippen LogP contribution in [0.25, 0.3) is 0 Å². The highest BCUT2D eigenvalue weighted by Gasteiger charge is 2.40. The topological polar surface area (TPSA) is 26.3 Å². The molecule has 16 heavy (non-hydrogen) atoms. The van der Waals surface area contributed by atoms with Gasteiger partial charge in [0.25, 0.3) is 0 Å². The third-order valence-electron chi connectivity index (χ3n) is 3.54. The molecule has 1 aliphatic rings. The van der Waals surface area contributed by atoms with Gasteiger partial charge in [-0.15, -0.1) is 0 Å². The van der Waals surface area contributed by atoms with Gasteiger partial charge >= 0.3 is 5.97 Å². The zero-order chi connectivity index (χ0) is 12.3. The van der Waals surface area contributed by atoms with Crippen LogP contribution >= 0.6 is 0 Å². The van der Waals surface area contributed by atoms with E-state index in [1.807, 2.05) is 0 Å².